The molecule has 0 aromatic rings. The first-order valence-corrected chi connectivity index (χ1v) is 7.01. The van der Waals surface area contributed by atoms with Crippen molar-refractivity contribution < 1.29 is 9.53 Å². The minimum Gasteiger partial charge on any atom is -0.381 e. The van der Waals surface area contributed by atoms with E-state index in [1.54, 1.807) is 0 Å². The van der Waals surface area contributed by atoms with Crippen LogP contribution in [-0.4, -0.2) is 38.3 Å². The third kappa shape index (κ3) is 10.5. The molecule has 0 aromatic heterocycles. The normalized spacial score (nSPS) is 13.1. The zero-order valence-corrected chi connectivity index (χ0v) is 12.6. The quantitative estimate of drug-likeness (QED) is 0.588. The maximum Gasteiger partial charge on any atom is 0.234 e. The molecule has 1 atom stereocenters. The molecule has 108 valence electrons. The molecule has 0 spiro atoms. The second-order valence-corrected chi connectivity index (χ2v) is 5.60. The van der Waals surface area contributed by atoms with E-state index in [4.69, 9.17) is 4.74 Å². The van der Waals surface area contributed by atoms with Crippen LogP contribution in [0.3, 0.4) is 0 Å². The zero-order valence-electron chi connectivity index (χ0n) is 12.6. The van der Waals surface area contributed by atoms with Crippen LogP contribution < -0.4 is 10.6 Å². The summed E-state index contributed by atoms with van der Waals surface area (Å²) in [5, 5.41) is 6.09. The fourth-order valence-electron chi connectivity index (χ4n) is 1.29. The van der Waals surface area contributed by atoms with Gasteiger partial charge in [0.1, 0.15) is 0 Å². The average Bonchev–Trinajstić information content (AvgIpc) is 2.27. The summed E-state index contributed by atoms with van der Waals surface area (Å²) < 4.78 is 5.46. The van der Waals surface area contributed by atoms with Gasteiger partial charge >= 0.3 is 0 Å². The molecular weight excluding hydrogens is 228 g/mol. The number of hydrogen-bond acceptors (Lipinski definition) is 3. The Morgan fingerprint density at radius 3 is 2.39 bits per heavy atom. The number of carbonyl (C=O) groups excluding carboxylic acids is 1. The van der Waals surface area contributed by atoms with E-state index in [2.05, 4.69) is 38.3 Å². The van der Waals surface area contributed by atoms with Crippen molar-refractivity contribution in [2.24, 2.45) is 11.8 Å². The highest BCUT2D eigenvalue weighted by Crippen LogP contribution is 1.98. The van der Waals surface area contributed by atoms with Gasteiger partial charge in [0.05, 0.1) is 6.54 Å². The highest BCUT2D eigenvalue weighted by Gasteiger charge is 2.09. The van der Waals surface area contributed by atoms with Gasteiger partial charge in [-0.05, 0) is 31.7 Å². The average molecular weight is 258 g/mol. The van der Waals surface area contributed by atoms with Gasteiger partial charge in [0.25, 0.3) is 0 Å². The highest BCUT2D eigenvalue weighted by molar-refractivity contribution is 5.78. The van der Waals surface area contributed by atoms with Crippen LogP contribution >= 0.6 is 0 Å². The molecule has 0 aliphatic carbocycles. The number of nitrogens with one attached hydrogen (secondary N) is 2. The monoisotopic (exact) mass is 258 g/mol. The predicted molar refractivity (Wildman–Crippen MR) is 75.6 cm³/mol. The van der Waals surface area contributed by atoms with Gasteiger partial charge in [-0.25, -0.2) is 0 Å². The molecule has 1 unspecified atom stereocenters. The van der Waals surface area contributed by atoms with E-state index >= 15 is 0 Å². The van der Waals surface area contributed by atoms with Crippen LogP contribution in [0.5, 0.6) is 0 Å². The van der Waals surface area contributed by atoms with Crippen molar-refractivity contribution in [3.8, 4) is 0 Å². The molecule has 0 fully saturated rings. The third-order valence-corrected chi connectivity index (χ3v) is 2.77. The number of rotatable bonds is 10. The topological polar surface area (TPSA) is 50.4 Å². The lowest BCUT2D eigenvalue weighted by Gasteiger charge is -2.17. The Bertz CT molecular complexity index is 218. The second kappa shape index (κ2) is 10.3. The van der Waals surface area contributed by atoms with Crippen LogP contribution in [0.2, 0.25) is 0 Å². The number of hydrogen-bond donors (Lipinski definition) is 2. The summed E-state index contributed by atoms with van der Waals surface area (Å²) in [4.78, 5) is 11.5. The SMILES string of the molecule is CC(C)COCCCNCC(=O)NC(C)C(C)C. The minimum absolute atomic E-state index is 0.0688. The van der Waals surface area contributed by atoms with Gasteiger partial charge in [0, 0.05) is 19.3 Å². The van der Waals surface area contributed by atoms with Crippen LogP contribution in [0.1, 0.15) is 41.0 Å². The fraction of sp³-hybridized carbons (Fsp3) is 0.929. The van der Waals surface area contributed by atoms with Crippen molar-refractivity contribution in [1.29, 1.82) is 0 Å². The van der Waals surface area contributed by atoms with E-state index in [-0.39, 0.29) is 11.9 Å². The highest BCUT2D eigenvalue weighted by atomic mass is 16.5. The molecule has 1 amide bonds. The lowest BCUT2D eigenvalue weighted by Crippen LogP contribution is -2.41. The Labute approximate surface area is 112 Å². The molecule has 18 heavy (non-hydrogen) atoms. The molecule has 0 aliphatic heterocycles. The van der Waals surface area contributed by atoms with Crippen molar-refractivity contribution in [1.82, 2.24) is 10.6 Å². The Hall–Kier alpha value is -0.610. The predicted octanol–water partition coefficient (Wildman–Crippen LogP) is 1.80. The largest absolute Gasteiger partial charge is 0.381 e. The van der Waals surface area contributed by atoms with Crippen molar-refractivity contribution in [2.45, 2.75) is 47.1 Å². The van der Waals surface area contributed by atoms with E-state index in [1.807, 2.05) is 6.92 Å². The molecule has 0 saturated carbocycles. The van der Waals surface area contributed by atoms with E-state index < -0.39 is 0 Å². The third-order valence-electron chi connectivity index (χ3n) is 2.77. The zero-order chi connectivity index (χ0) is 14.0. The Kier molecular flexibility index (Phi) is 9.98. The van der Waals surface area contributed by atoms with E-state index in [9.17, 15) is 4.79 Å². The lowest BCUT2D eigenvalue weighted by atomic mass is 10.1. The van der Waals surface area contributed by atoms with Crippen molar-refractivity contribution >= 4 is 5.91 Å². The number of amides is 1. The van der Waals surface area contributed by atoms with Crippen molar-refractivity contribution in [3.05, 3.63) is 0 Å². The minimum atomic E-state index is 0.0688. The number of carbonyl (C=O) groups is 1. The first-order valence-electron chi connectivity index (χ1n) is 7.01. The summed E-state index contributed by atoms with van der Waals surface area (Å²) >= 11 is 0. The van der Waals surface area contributed by atoms with Gasteiger partial charge in [-0.2, -0.15) is 0 Å². The Balaban J connectivity index is 3.36. The summed E-state index contributed by atoms with van der Waals surface area (Å²) in [6.07, 6.45) is 0.944. The summed E-state index contributed by atoms with van der Waals surface area (Å²) in [7, 11) is 0. The van der Waals surface area contributed by atoms with Gasteiger partial charge in [-0.15, -0.1) is 0 Å². The van der Waals surface area contributed by atoms with Crippen LogP contribution in [0, 0.1) is 11.8 Å². The molecule has 0 rings (SSSR count). The second-order valence-electron chi connectivity index (χ2n) is 5.60. The van der Waals surface area contributed by atoms with Crippen LogP contribution in [0.15, 0.2) is 0 Å². The summed E-state index contributed by atoms with van der Waals surface area (Å²) in [5.41, 5.74) is 0. The molecule has 0 aliphatic rings. The maximum absolute atomic E-state index is 11.5. The van der Waals surface area contributed by atoms with E-state index in [0.717, 1.165) is 26.2 Å². The standard InChI is InChI=1S/C14H30N2O2/c1-11(2)10-18-8-6-7-15-9-14(17)16-13(5)12(3)4/h11-13,15H,6-10H2,1-5H3,(H,16,17). The van der Waals surface area contributed by atoms with Crippen LogP contribution in [-0.2, 0) is 9.53 Å². The molecule has 0 radical (unpaired) electrons. The summed E-state index contributed by atoms with van der Waals surface area (Å²) in [6, 6.07) is 0.230. The van der Waals surface area contributed by atoms with Gasteiger partial charge < -0.3 is 15.4 Å². The van der Waals surface area contributed by atoms with E-state index in [0.29, 0.717) is 18.4 Å². The summed E-state index contributed by atoms with van der Waals surface area (Å²) in [5.74, 6) is 1.12. The molecule has 4 nitrogen and oxygen atoms in total. The molecule has 0 saturated heterocycles. The molecule has 0 heterocycles. The lowest BCUT2D eigenvalue weighted by molar-refractivity contribution is -0.121. The first-order chi connectivity index (χ1) is 8.43. The Morgan fingerprint density at radius 1 is 1.17 bits per heavy atom. The van der Waals surface area contributed by atoms with Gasteiger partial charge in [-0.3, -0.25) is 4.79 Å². The van der Waals surface area contributed by atoms with Gasteiger partial charge in [0.15, 0.2) is 0 Å². The fourth-order valence-corrected chi connectivity index (χ4v) is 1.29. The van der Waals surface area contributed by atoms with Crippen LogP contribution in [0.4, 0.5) is 0 Å². The summed E-state index contributed by atoms with van der Waals surface area (Å²) in [6.45, 7) is 13.3. The maximum atomic E-state index is 11.5. The number of ether oxygens (including phenoxy) is 1. The first kappa shape index (κ1) is 17.4. The Morgan fingerprint density at radius 2 is 1.83 bits per heavy atom. The molecule has 4 heteroatoms. The van der Waals surface area contributed by atoms with Gasteiger partial charge in [0.2, 0.25) is 5.91 Å². The molecular formula is C14H30N2O2. The molecule has 0 bridgehead atoms. The van der Waals surface area contributed by atoms with Crippen molar-refractivity contribution in [3.63, 3.8) is 0 Å². The smallest absolute Gasteiger partial charge is 0.234 e. The van der Waals surface area contributed by atoms with Gasteiger partial charge in [-0.1, -0.05) is 27.7 Å². The molecule has 2 N–H and O–H groups in total. The van der Waals surface area contributed by atoms with Crippen LogP contribution in [0.25, 0.3) is 0 Å². The van der Waals surface area contributed by atoms with E-state index in [1.165, 1.54) is 0 Å². The van der Waals surface area contributed by atoms with Crippen molar-refractivity contribution in [2.75, 3.05) is 26.3 Å². The molecule has 0 aromatic carbocycles.